The molecule has 22 heavy (non-hydrogen) atoms. The molecule has 2 rings (SSSR count). The number of quaternary nitrogens is 1. The molecular weight excluding hydrogens is 290 g/mol. The second kappa shape index (κ2) is 8.68. The number of likely N-dealkylation sites (N-methyl/N-ethyl adjacent to an activating group) is 1. The fourth-order valence-electron chi connectivity index (χ4n) is 2.00. The highest BCUT2D eigenvalue weighted by molar-refractivity contribution is 5.88. The summed E-state index contributed by atoms with van der Waals surface area (Å²) < 4.78 is 11.1. The van der Waals surface area contributed by atoms with Crippen molar-refractivity contribution in [2.24, 2.45) is 0 Å². The summed E-state index contributed by atoms with van der Waals surface area (Å²) in [6.45, 7) is 0.998. The summed E-state index contributed by atoms with van der Waals surface area (Å²) in [5.74, 6) is -1.02. The second-order valence-electron chi connectivity index (χ2n) is 4.53. The highest BCUT2D eigenvalue weighted by Gasteiger charge is 2.26. The molecule has 1 aromatic rings. The number of hydrogen-bond donors (Lipinski definition) is 2. The number of carboxylic acids is 2. The summed E-state index contributed by atoms with van der Waals surface area (Å²) >= 11 is 0. The summed E-state index contributed by atoms with van der Waals surface area (Å²) in [6.07, 6.45) is 2.24. The number of benzene rings is 1. The number of nitrogens with two attached hydrogens (primary N) is 1. The van der Waals surface area contributed by atoms with Gasteiger partial charge in [-0.25, -0.2) is 4.79 Å². The molecule has 7 nitrogen and oxygen atoms in total. The minimum atomic E-state index is -1.51. The molecule has 0 amide bonds. The minimum Gasteiger partial charge on any atom is -0.545 e. The lowest BCUT2D eigenvalue weighted by Crippen LogP contribution is -2.82. The molecular formula is C15H19NO6. The van der Waals surface area contributed by atoms with Gasteiger partial charge in [0.2, 0.25) is 0 Å². The lowest BCUT2D eigenvalue weighted by Gasteiger charge is -2.09. The van der Waals surface area contributed by atoms with Crippen LogP contribution in [-0.4, -0.2) is 43.9 Å². The highest BCUT2D eigenvalue weighted by atomic mass is 16.5. The fourth-order valence-corrected chi connectivity index (χ4v) is 2.00. The molecule has 0 aliphatic carbocycles. The van der Waals surface area contributed by atoms with Crippen LogP contribution >= 0.6 is 0 Å². The molecule has 1 aromatic carbocycles. The fraction of sp³-hybridized carbons (Fsp3) is 0.333. The normalized spacial score (nSPS) is 15.5. The first-order valence-corrected chi connectivity index (χ1v) is 6.70. The van der Waals surface area contributed by atoms with Crippen LogP contribution < -0.4 is 19.9 Å². The molecule has 0 aromatic heterocycles. The average molecular weight is 309 g/mol. The Morgan fingerprint density at radius 1 is 1.50 bits per heavy atom. The van der Waals surface area contributed by atoms with Gasteiger partial charge in [-0.15, -0.1) is 0 Å². The van der Waals surface area contributed by atoms with Crippen LogP contribution in [0.25, 0.3) is 0 Å². The molecule has 1 aliphatic rings. The van der Waals surface area contributed by atoms with Crippen molar-refractivity contribution < 1.29 is 34.6 Å². The van der Waals surface area contributed by atoms with Crippen LogP contribution in [0, 0.1) is 0 Å². The Bertz CT molecular complexity index is 539. The summed E-state index contributed by atoms with van der Waals surface area (Å²) in [6, 6.07) is 6.06. The molecule has 0 bridgehead atoms. The molecule has 0 radical (unpaired) electrons. The third-order valence-electron chi connectivity index (χ3n) is 2.87. The Morgan fingerprint density at radius 2 is 2.23 bits per heavy atom. The molecule has 1 atom stereocenters. The Balaban J connectivity index is 0.000000261. The van der Waals surface area contributed by atoms with Crippen molar-refractivity contribution in [3.8, 4) is 11.5 Å². The van der Waals surface area contributed by atoms with E-state index in [1.807, 2.05) is 12.1 Å². The standard InChI is InChI=1S/C11H15NO2.C4H4O4/c1-12-7-9-6-8-4-3-5-10(13-2)11(8)14-9;5-3(6)1-2-4(7)8/h3-5,9,12H,6-7H2,1-2H3;1-2H,(H,5,6)(H,7,8)/b;2-1-. The van der Waals surface area contributed by atoms with Crippen LogP contribution in [0.1, 0.15) is 5.56 Å². The zero-order valence-electron chi connectivity index (χ0n) is 12.4. The van der Waals surface area contributed by atoms with E-state index < -0.39 is 11.9 Å². The molecule has 0 spiro atoms. The van der Waals surface area contributed by atoms with E-state index >= 15 is 0 Å². The van der Waals surface area contributed by atoms with Gasteiger partial charge >= 0.3 is 5.97 Å². The van der Waals surface area contributed by atoms with Gasteiger partial charge in [-0.05, 0) is 12.1 Å². The number of carbonyl (C=O) groups is 2. The molecule has 1 heterocycles. The van der Waals surface area contributed by atoms with Gasteiger partial charge in [0.1, 0.15) is 6.54 Å². The van der Waals surface area contributed by atoms with Crippen molar-refractivity contribution in [3.05, 3.63) is 35.9 Å². The van der Waals surface area contributed by atoms with E-state index in [0.29, 0.717) is 18.3 Å². The number of carboxylic acid groups (broad SMARTS) is 2. The van der Waals surface area contributed by atoms with Crippen molar-refractivity contribution in [1.82, 2.24) is 0 Å². The van der Waals surface area contributed by atoms with Gasteiger partial charge in [0.05, 0.1) is 20.1 Å². The molecule has 120 valence electrons. The molecule has 7 heteroatoms. The van der Waals surface area contributed by atoms with Crippen LogP contribution in [0.3, 0.4) is 0 Å². The second-order valence-corrected chi connectivity index (χ2v) is 4.53. The number of carbonyl (C=O) groups excluding carboxylic acids is 1. The number of fused-ring (bicyclic) bond motifs is 1. The summed E-state index contributed by atoms with van der Waals surface area (Å²) in [5.41, 5.74) is 1.26. The first kappa shape index (κ1) is 17.5. The van der Waals surface area contributed by atoms with Crippen molar-refractivity contribution in [2.75, 3.05) is 20.7 Å². The van der Waals surface area contributed by atoms with Crippen molar-refractivity contribution in [3.63, 3.8) is 0 Å². The quantitative estimate of drug-likeness (QED) is 0.645. The Labute approximate surface area is 128 Å². The molecule has 1 aliphatic heterocycles. The van der Waals surface area contributed by atoms with Crippen molar-refractivity contribution in [1.29, 1.82) is 0 Å². The van der Waals surface area contributed by atoms with Crippen LogP contribution in [0.2, 0.25) is 0 Å². The number of aliphatic carboxylic acids is 2. The maximum atomic E-state index is 9.53. The van der Waals surface area contributed by atoms with Gasteiger partial charge < -0.3 is 29.8 Å². The third-order valence-corrected chi connectivity index (χ3v) is 2.87. The Kier molecular flexibility index (Phi) is 6.91. The van der Waals surface area contributed by atoms with Crippen LogP contribution in [0.15, 0.2) is 30.4 Å². The monoisotopic (exact) mass is 309 g/mol. The van der Waals surface area contributed by atoms with E-state index in [1.54, 1.807) is 7.11 Å². The molecule has 0 saturated carbocycles. The predicted octanol–water partition coefficient (Wildman–Crippen LogP) is -1.43. The highest BCUT2D eigenvalue weighted by Crippen LogP contribution is 2.37. The number of rotatable bonds is 5. The lowest BCUT2D eigenvalue weighted by atomic mass is 10.1. The number of hydrogen-bond acceptors (Lipinski definition) is 5. The number of para-hydroxylation sites is 1. The zero-order chi connectivity index (χ0) is 16.5. The molecule has 0 saturated heterocycles. The average Bonchev–Trinajstić information content (AvgIpc) is 2.88. The van der Waals surface area contributed by atoms with Gasteiger partial charge in [0.25, 0.3) is 0 Å². The summed E-state index contributed by atoms with van der Waals surface area (Å²) in [7, 11) is 3.74. The van der Waals surface area contributed by atoms with Crippen molar-refractivity contribution in [2.45, 2.75) is 12.5 Å². The first-order valence-electron chi connectivity index (χ1n) is 6.70. The Hall–Kier alpha value is -2.54. The van der Waals surface area contributed by atoms with Crippen LogP contribution in [-0.2, 0) is 16.0 Å². The van der Waals surface area contributed by atoms with E-state index in [9.17, 15) is 14.7 Å². The molecule has 0 fully saturated rings. The molecule has 1 unspecified atom stereocenters. The predicted molar refractivity (Wildman–Crippen MR) is 75.6 cm³/mol. The topological polar surface area (TPSA) is 113 Å². The summed E-state index contributed by atoms with van der Waals surface area (Å²) in [5, 5.41) is 19.4. The summed E-state index contributed by atoms with van der Waals surface area (Å²) in [4.78, 5) is 19.0. The van der Waals surface area contributed by atoms with Gasteiger partial charge in [-0.2, -0.15) is 0 Å². The van der Waals surface area contributed by atoms with Crippen LogP contribution in [0.5, 0.6) is 11.5 Å². The van der Waals surface area contributed by atoms with E-state index in [1.165, 1.54) is 5.56 Å². The molecule has 3 N–H and O–H groups in total. The lowest BCUT2D eigenvalue weighted by molar-refractivity contribution is -0.632. The first-order chi connectivity index (χ1) is 10.5. The number of methoxy groups -OCH3 is 1. The Morgan fingerprint density at radius 3 is 2.73 bits per heavy atom. The van der Waals surface area contributed by atoms with Crippen LogP contribution in [0.4, 0.5) is 0 Å². The largest absolute Gasteiger partial charge is 0.545 e. The van der Waals surface area contributed by atoms with E-state index in [-0.39, 0.29) is 0 Å². The SMILES string of the molecule is C[NH2+]CC1Cc2cccc(OC)c2O1.O=C([O-])/C=C\C(=O)O. The maximum absolute atomic E-state index is 9.53. The van der Waals surface area contributed by atoms with E-state index in [4.69, 9.17) is 14.6 Å². The van der Waals surface area contributed by atoms with Gasteiger partial charge in [-0.1, -0.05) is 12.1 Å². The third kappa shape index (κ3) is 5.45. The smallest absolute Gasteiger partial charge is 0.328 e. The van der Waals surface area contributed by atoms with Gasteiger partial charge in [0.15, 0.2) is 17.6 Å². The van der Waals surface area contributed by atoms with Gasteiger partial charge in [-0.3, -0.25) is 0 Å². The zero-order valence-corrected chi connectivity index (χ0v) is 12.4. The van der Waals surface area contributed by atoms with E-state index in [2.05, 4.69) is 18.4 Å². The van der Waals surface area contributed by atoms with Gasteiger partial charge in [0, 0.05) is 18.1 Å². The van der Waals surface area contributed by atoms with E-state index in [0.717, 1.165) is 24.5 Å². The maximum Gasteiger partial charge on any atom is 0.328 e. The number of ether oxygens (including phenoxy) is 2. The minimum absolute atomic E-state index is 0.297. The van der Waals surface area contributed by atoms with Crippen molar-refractivity contribution >= 4 is 11.9 Å².